The third-order valence-electron chi connectivity index (χ3n) is 5.05. The molecule has 0 unspecified atom stereocenters. The predicted molar refractivity (Wildman–Crippen MR) is 97.6 cm³/mol. The van der Waals surface area contributed by atoms with E-state index in [0.717, 1.165) is 32.4 Å². The van der Waals surface area contributed by atoms with Crippen LogP contribution in [0, 0.1) is 0 Å². The van der Waals surface area contributed by atoms with E-state index in [4.69, 9.17) is 16.3 Å². The van der Waals surface area contributed by atoms with Crippen LogP contribution in [0.4, 0.5) is 0 Å². The van der Waals surface area contributed by atoms with Crippen LogP contribution in [0.5, 0.6) is 0 Å². The van der Waals surface area contributed by atoms with Crippen molar-refractivity contribution in [2.24, 2.45) is 0 Å². The lowest BCUT2D eigenvalue weighted by molar-refractivity contribution is -0.0201. The first-order valence-electron chi connectivity index (χ1n) is 8.86. The quantitative estimate of drug-likeness (QED) is 0.642. The average molecular weight is 405 g/mol. The molecule has 2 aliphatic heterocycles. The molecule has 2 aliphatic rings. The smallest absolute Gasteiger partial charge is 0.240 e. The topological polar surface area (TPSA) is 99.1 Å². The lowest BCUT2D eigenvalue weighted by Gasteiger charge is -2.36. The third-order valence-corrected chi connectivity index (χ3v) is 6.74. The zero-order chi connectivity index (χ0) is 18.7. The Balaban J connectivity index is 1.70. The van der Waals surface area contributed by atoms with Crippen LogP contribution in [0.25, 0.3) is 0 Å². The van der Waals surface area contributed by atoms with Crippen molar-refractivity contribution in [1.82, 2.24) is 9.62 Å². The van der Waals surface area contributed by atoms with Crippen molar-refractivity contribution in [3.8, 4) is 0 Å². The predicted octanol–water partition coefficient (Wildman–Crippen LogP) is 0.593. The average Bonchev–Trinajstić information content (AvgIpc) is 2.97. The Kier molecular flexibility index (Phi) is 6.55. The molecule has 146 valence electrons. The number of hydrogen-bond acceptors (Lipinski definition) is 6. The van der Waals surface area contributed by atoms with E-state index < -0.39 is 28.3 Å². The highest BCUT2D eigenvalue weighted by molar-refractivity contribution is 7.89. The zero-order valence-electron chi connectivity index (χ0n) is 14.4. The maximum Gasteiger partial charge on any atom is 0.240 e. The summed E-state index contributed by atoms with van der Waals surface area (Å²) >= 11 is 5.80. The summed E-state index contributed by atoms with van der Waals surface area (Å²) in [6, 6.07) is 5.58. The van der Waals surface area contributed by atoms with Crippen LogP contribution >= 0.6 is 11.6 Å². The molecule has 4 atom stereocenters. The van der Waals surface area contributed by atoms with E-state index in [1.165, 1.54) is 24.3 Å². The van der Waals surface area contributed by atoms with Crippen LogP contribution in [0.15, 0.2) is 29.2 Å². The van der Waals surface area contributed by atoms with Crippen molar-refractivity contribution in [2.75, 3.05) is 26.2 Å². The van der Waals surface area contributed by atoms with Crippen LogP contribution in [0.2, 0.25) is 5.02 Å². The molecule has 3 N–H and O–H groups in total. The van der Waals surface area contributed by atoms with Crippen molar-refractivity contribution in [2.45, 2.75) is 48.5 Å². The van der Waals surface area contributed by atoms with Gasteiger partial charge in [0, 0.05) is 11.6 Å². The Labute approximate surface area is 159 Å². The molecule has 0 radical (unpaired) electrons. The van der Waals surface area contributed by atoms with E-state index in [1.807, 2.05) is 0 Å². The summed E-state index contributed by atoms with van der Waals surface area (Å²) in [6.07, 6.45) is 1.15. The van der Waals surface area contributed by atoms with Crippen molar-refractivity contribution >= 4 is 21.6 Å². The number of aliphatic hydroxyl groups excluding tert-OH is 2. The van der Waals surface area contributed by atoms with Gasteiger partial charge < -0.3 is 14.9 Å². The molecular weight excluding hydrogens is 380 g/mol. The SMILES string of the molecule is O=S(=O)(NC[C@@H]1O[C@@H](CO)[C@@H](O)[C@H]1N1CCCCC1)c1ccc(Cl)cc1. The number of nitrogens with one attached hydrogen (secondary N) is 1. The number of halogens is 1. The first kappa shape index (κ1) is 20.0. The van der Waals surface area contributed by atoms with E-state index in [-0.39, 0.29) is 24.1 Å². The molecule has 0 aromatic heterocycles. The molecule has 0 aliphatic carbocycles. The molecule has 1 aromatic rings. The van der Waals surface area contributed by atoms with Gasteiger partial charge in [-0.15, -0.1) is 0 Å². The number of nitrogens with zero attached hydrogens (tertiary/aromatic N) is 1. The molecule has 1 aromatic carbocycles. The van der Waals surface area contributed by atoms with Gasteiger partial charge in [-0.05, 0) is 50.2 Å². The number of sulfonamides is 1. The van der Waals surface area contributed by atoms with Gasteiger partial charge in [-0.25, -0.2) is 13.1 Å². The molecule has 2 heterocycles. The molecule has 9 heteroatoms. The Morgan fingerprint density at radius 1 is 1.15 bits per heavy atom. The molecule has 2 fully saturated rings. The van der Waals surface area contributed by atoms with Crippen molar-refractivity contribution in [3.63, 3.8) is 0 Å². The second-order valence-corrected chi connectivity index (χ2v) is 8.98. The molecule has 0 saturated carbocycles. The number of rotatable bonds is 6. The molecule has 2 saturated heterocycles. The summed E-state index contributed by atoms with van der Waals surface area (Å²) in [5.41, 5.74) is 0. The van der Waals surface area contributed by atoms with Crippen LogP contribution < -0.4 is 4.72 Å². The number of benzene rings is 1. The van der Waals surface area contributed by atoms with Gasteiger partial charge in [-0.3, -0.25) is 4.90 Å². The summed E-state index contributed by atoms with van der Waals surface area (Å²) < 4.78 is 33.3. The van der Waals surface area contributed by atoms with Gasteiger partial charge in [-0.1, -0.05) is 18.0 Å². The van der Waals surface area contributed by atoms with E-state index >= 15 is 0 Å². The van der Waals surface area contributed by atoms with Crippen LogP contribution in [-0.4, -0.2) is 74.1 Å². The highest BCUT2D eigenvalue weighted by atomic mass is 35.5. The molecule has 3 rings (SSSR count). The second kappa shape index (κ2) is 8.52. The number of hydrogen-bond donors (Lipinski definition) is 3. The van der Waals surface area contributed by atoms with Crippen molar-refractivity contribution in [1.29, 1.82) is 0 Å². The molecule has 0 spiro atoms. The summed E-state index contributed by atoms with van der Waals surface area (Å²) in [4.78, 5) is 2.26. The van der Waals surface area contributed by atoms with Crippen molar-refractivity contribution < 1.29 is 23.4 Å². The number of piperidine rings is 1. The van der Waals surface area contributed by atoms with Gasteiger partial charge in [-0.2, -0.15) is 0 Å². The van der Waals surface area contributed by atoms with E-state index in [2.05, 4.69) is 9.62 Å². The van der Waals surface area contributed by atoms with Gasteiger partial charge in [0.2, 0.25) is 10.0 Å². The number of ether oxygens (including phenoxy) is 1. The molecule has 7 nitrogen and oxygen atoms in total. The van der Waals surface area contributed by atoms with Crippen LogP contribution in [0.3, 0.4) is 0 Å². The minimum Gasteiger partial charge on any atom is -0.394 e. The van der Waals surface area contributed by atoms with Crippen LogP contribution in [0.1, 0.15) is 19.3 Å². The first-order chi connectivity index (χ1) is 12.4. The van der Waals surface area contributed by atoms with Crippen molar-refractivity contribution in [3.05, 3.63) is 29.3 Å². The Morgan fingerprint density at radius 2 is 1.81 bits per heavy atom. The minimum atomic E-state index is -3.71. The van der Waals surface area contributed by atoms with Gasteiger partial charge in [0.1, 0.15) is 12.2 Å². The number of aliphatic hydroxyl groups is 2. The Bertz CT molecular complexity index is 694. The summed E-state index contributed by atoms with van der Waals surface area (Å²) in [6.45, 7) is 1.40. The summed E-state index contributed by atoms with van der Waals surface area (Å²) in [5, 5.41) is 20.4. The summed E-state index contributed by atoms with van der Waals surface area (Å²) in [7, 11) is -3.71. The lowest BCUT2D eigenvalue weighted by Crippen LogP contribution is -2.52. The van der Waals surface area contributed by atoms with Gasteiger partial charge in [0.25, 0.3) is 0 Å². The molecule has 0 amide bonds. The standard InChI is InChI=1S/C17H25ClN2O5S/c18-12-4-6-13(7-5-12)26(23,24)19-10-14-16(17(22)15(11-21)25-14)20-8-2-1-3-9-20/h4-7,14-17,19,21-22H,1-3,8-11H2/t14-,15-,16-,17+/m0/s1. The van der Waals surface area contributed by atoms with E-state index in [0.29, 0.717) is 5.02 Å². The maximum absolute atomic E-state index is 12.5. The van der Waals surface area contributed by atoms with Gasteiger partial charge >= 0.3 is 0 Å². The third kappa shape index (κ3) is 4.39. The van der Waals surface area contributed by atoms with Crippen LogP contribution in [-0.2, 0) is 14.8 Å². The monoisotopic (exact) mass is 404 g/mol. The Hall–Kier alpha value is -0.740. The molecule has 26 heavy (non-hydrogen) atoms. The number of likely N-dealkylation sites (tertiary alicyclic amines) is 1. The summed E-state index contributed by atoms with van der Waals surface area (Å²) in [5.74, 6) is 0. The van der Waals surface area contributed by atoms with Gasteiger partial charge in [0.15, 0.2) is 0 Å². The fourth-order valence-corrected chi connectivity index (χ4v) is 4.87. The zero-order valence-corrected chi connectivity index (χ0v) is 16.0. The first-order valence-corrected chi connectivity index (χ1v) is 10.7. The molecule has 0 bridgehead atoms. The fourth-order valence-electron chi connectivity index (χ4n) is 3.70. The second-order valence-electron chi connectivity index (χ2n) is 6.78. The van der Waals surface area contributed by atoms with E-state index in [9.17, 15) is 18.6 Å². The normalized spacial score (nSPS) is 30.6. The van der Waals surface area contributed by atoms with E-state index in [1.54, 1.807) is 0 Å². The lowest BCUT2D eigenvalue weighted by atomic mass is 9.99. The largest absolute Gasteiger partial charge is 0.394 e. The molecular formula is C17H25ClN2O5S. The fraction of sp³-hybridized carbons (Fsp3) is 0.647. The highest BCUT2D eigenvalue weighted by Crippen LogP contribution is 2.28. The maximum atomic E-state index is 12.5. The highest BCUT2D eigenvalue weighted by Gasteiger charge is 2.46. The Morgan fingerprint density at radius 3 is 2.42 bits per heavy atom. The minimum absolute atomic E-state index is 0.0275. The van der Waals surface area contributed by atoms with Gasteiger partial charge in [0.05, 0.1) is 23.6 Å².